The first-order valence-corrected chi connectivity index (χ1v) is 8.25. The van der Waals surface area contributed by atoms with Crippen LogP contribution in [0.15, 0.2) is 18.2 Å². The molecule has 2 aromatic rings. The maximum atomic E-state index is 12.1. The van der Waals surface area contributed by atoms with E-state index in [1.165, 1.54) is 12.8 Å². The zero-order valence-corrected chi connectivity index (χ0v) is 14.4. The average Bonchev–Trinajstić information content (AvgIpc) is 3.13. The maximum absolute atomic E-state index is 12.1. The summed E-state index contributed by atoms with van der Waals surface area (Å²) in [5.74, 6) is -0.361. The maximum Gasteiger partial charge on any atom is 0.328 e. The van der Waals surface area contributed by atoms with Crippen molar-refractivity contribution in [2.45, 2.75) is 45.8 Å². The van der Waals surface area contributed by atoms with Crippen LogP contribution in [0.3, 0.4) is 0 Å². The Morgan fingerprint density at radius 3 is 2.67 bits per heavy atom. The van der Waals surface area contributed by atoms with Crippen molar-refractivity contribution < 1.29 is 9.53 Å². The zero-order chi connectivity index (χ0) is 17.3. The smallest absolute Gasteiger partial charge is 0.328 e. The van der Waals surface area contributed by atoms with E-state index in [0.29, 0.717) is 5.69 Å². The minimum atomic E-state index is -0.541. The molecule has 1 aliphatic heterocycles. The number of carbonyl (C=O) groups is 1. The van der Waals surface area contributed by atoms with Gasteiger partial charge in [-0.1, -0.05) is 0 Å². The normalized spacial score (nSPS) is 14.8. The second-order valence-electron chi connectivity index (χ2n) is 7.10. The highest BCUT2D eigenvalue weighted by Gasteiger charge is 2.20. The number of hydrogen-bond acceptors (Lipinski definition) is 5. The summed E-state index contributed by atoms with van der Waals surface area (Å²) in [5.41, 5.74) is 1.68. The van der Waals surface area contributed by atoms with Gasteiger partial charge in [0.2, 0.25) is 0 Å². The molecule has 0 radical (unpaired) electrons. The standard InChI is InChI=1S/C18H22N4O2/c1-18(2,3)24-17(23)12-22-16-7-6-13(21-8-4-5-9-21)10-14(16)15(11-19)20-22/h6-7,10H,4-5,8-9,12H2,1-3H3. The first-order chi connectivity index (χ1) is 11.4. The van der Waals surface area contributed by atoms with Crippen LogP contribution in [-0.4, -0.2) is 34.4 Å². The Morgan fingerprint density at radius 1 is 1.33 bits per heavy atom. The number of benzene rings is 1. The van der Waals surface area contributed by atoms with Crippen LogP contribution in [0, 0.1) is 11.3 Å². The molecule has 0 atom stereocenters. The topological polar surface area (TPSA) is 71.1 Å². The second-order valence-corrected chi connectivity index (χ2v) is 7.10. The molecule has 24 heavy (non-hydrogen) atoms. The molecule has 1 saturated heterocycles. The molecule has 0 bridgehead atoms. The van der Waals surface area contributed by atoms with Crippen molar-refractivity contribution >= 4 is 22.6 Å². The van der Waals surface area contributed by atoms with Crippen LogP contribution in [0.5, 0.6) is 0 Å². The van der Waals surface area contributed by atoms with E-state index in [4.69, 9.17) is 4.74 Å². The molecule has 1 aliphatic rings. The fraction of sp³-hybridized carbons (Fsp3) is 0.500. The number of carbonyl (C=O) groups excluding carboxylic acids is 1. The van der Waals surface area contributed by atoms with Crippen molar-refractivity contribution in [3.8, 4) is 6.07 Å². The van der Waals surface area contributed by atoms with Crippen molar-refractivity contribution in [1.29, 1.82) is 5.26 Å². The third kappa shape index (κ3) is 3.35. The van der Waals surface area contributed by atoms with Crippen LogP contribution in [0.1, 0.15) is 39.3 Å². The van der Waals surface area contributed by atoms with Gasteiger partial charge in [-0.2, -0.15) is 10.4 Å². The summed E-state index contributed by atoms with van der Waals surface area (Å²) in [5, 5.41) is 14.4. The number of nitriles is 1. The molecule has 0 unspecified atom stereocenters. The van der Waals surface area contributed by atoms with Crippen molar-refractivity contribution in [3.05, 3.63) is 23.9 Å². The molecule has 3 rings (SSSR count). The van der Waals surface area contributed by atoms with E-state index in [1.807, 2.05) is 39.0 Å². The monoisotopic (exact) mass is 326 g/mol. The van der Waals surface area contributed by atoms with Crippen molar-refractivity contribution in [2.24, 2.45) is 0 Å². The van der Waals surface area contributed by atoms with Crippen molar-refractivity contribution in [1.82, 2.24) is 9.78 Å². The molecule has 1 fully saturated rings. The Balaban J connectivity index is 1.92. The highest BCUT2D eigenvalue weighted by Crippen LogP contribution is 2.27. The van der Waals surface area contributed by atoms with Gasteiger partial charge < -0.3 is 9.64 Å². The van der Waals surface area contributed by atoms with E-state index in [1.54, 1.807) is 4.68 Å². The lowest BCUT2D eigenvalue weighted by atomic mass is 10.2. The molecule has 0 spiro atoms. The van der Waals surface area contributed by atoms with Crippen LogP contribution >= 0.6 is 0 Å². The van der Waals surface area contributed by atoms with E-state index < -0.39 is 5.60 Å². The summed E-state index contributed by atoms with van der Waals surface area (Å²) in [7, 11) is 0. The van der Waals surface area contributed by atoms with E-state index >= 15 is 0 Å². The first kappa shape index (κ1) is 16.3. The van der Waals surface area contributed by atoms with Gasteiger partial charge in [0.15, 0.2) is 5.69 Å². The molecule has 126 valence electrons. The van der Waals surface area contributed by atoms with E-state index in [-0.39, 0.29) is 12.5 Å². The Kier molecular flexibility index (Phi) is 4.18. The molecule has 1 aromatic carbocycles. The molecule has 1 aromatic heterocycles. The number of rotatable bonds is 3. The van der Waals surface area contributed by atoms with Crippen LogP contribution < -0.4 is 4.90 Å². The number of fused-ring (bicyclic) bond motifs is 1. The quantitative estimate of drug-likeness (QED) is 0.811. The number of nitrogens with zero attached hydrogens (tertiary/aromatic N) is 4. The summed E-state index contributed by atoms with van der Waals surface area (Å²) >= 11 is 0. The molecule has 2 heterocycles. The van der Waals surface area contributed by atoms with Gasteiger partial charge >= 0.3 is 5.97 Å². The van der Waals surface area contributed by atoms with Gasteiger partial charge in [0.05, 0.1) is 5.52 Å². The second kappa shape index (κ2) is 6.16. The van der Waals surface area contributed by atoms with Gasteiger partial charge in [-0.05, 0) is 51.8 Å². The van der Waals surface area contributed by atoms with Crippen LogP contribution in [0.4, 0.5) is 5.69 Å². The van der Waals surface area contributed by atoms with Crippen molar-refractivity contribution in [2.75, 3.05) is 18.0 Å². The number of aromatic nitrogens is 2. The third-order valence-corrected chi connectivity index (χ3v) is 4.01. The minimum Gasteiger partial charge on any atom is -0.459 e. The summed E-state index contributed by atoms with van der Waals surface area (Å²) in [6, 6.07) is 8.09. The molecule has 0 N–H and O–H groups in total. The van der Waals surface area contributed by atoms with Gasteiger partial charge in [0, 0.05) is 24.2 Å². The van der Waals surface area contributed by atoms with Crippen molar-refractivity contribution in [3.63, 3.8) is 0 Å². The SMILES string of the molecule is CC(C)(C)OC(=O)Cn1nc(C#N)c2cc(N3CCCC3)ccc21. The highest BCUT2D eigenvalue weighted by atomic mass is 16.6. The van der Waals surface area contributed by atoms with E-state index in [9.17, 15) is 10.1 Å². The Bertz CT molecular complexity index is 805. The number of esters is 1. The predicted molar refractivity (Wildman–Crippen MR) is 91.7 cm³/mol. The minimum absolute atomic E-state index is 0.00148. The Hall–Kier alpha value is -2.55. The fourth-order valence-corrected chi connectivity index (χ4v) is 3.04. The fourth-order valence-electron chi connectivity index (χ4n) is 3.04. The lowest BCUT2D eigenvalue weighted by Gasteiger charge is -2.19. The highest BCUT2D eigenvalue weighted by molar-refractivity contribution is 5.88. The van der Waals surface area contributed by atoms with Gasteiger partial charge in [-0.15, -0.1) is 0 Å². The van der Waals surface area contributed by atoms with E-state index in [2.05, 4.69) is 16.1 Å². The molecular formula is C18H22N4O2. The molecule has 0 saturated carbocycles. The lowest BCUT2D eigenvalue weighted by molar-refractivity contribution is -0.155. The Morgan fingerprint density at radius 2 is 2.04 bits per heavy atom. The Labute approximate surface area is 141 Å². The molecule has 0 aliphatic carbocycles. The van der Waals surface area contributed by atoms with Crippen LogP contribution in [0.25, 0.3) is 10.9 Å². The van der Waals surface area contributed by atoms with Crippen LogP contribution in [-0.2, 0) is 16.1 Å². The van der Waals surface area contributed by atoms with Crippen LogP contribution in [0.2, 0.25) is 0 Å². The summed E-state index contributed by atoms with van der Waals surface area (Å²) < 4.78 is 6.90. The summed E-state index contributed by atoms with van der Waals surface area (Å²) in [6.45, 7) is 7.57. The number of anilines is 1. The molecule has 6 nitrogen and oxygen atoms in total. The van der Waals surface area contributed by atoms with Gasteiger partial charge in [0.1, 0.15) is 18.2 Å². The molecule has 6 heteroatoms. The average molecular weight is 326 g/mol. The predicted octanol–water partition coefficient (Wildman–Crippen LogP) is 2.85. The molecule has 0 amide bonds. The summed E-state index contributed by atoms with van der Waals surface area (Å²) in [4.78, 5) is 14.4. The number of hydrogen-bond donors (Lipinski definition) is 0. The lowest BCUT2D eigenvalue weighted by Crippen LogP contribution is -2.26. The van der Waals surface area contributed by atoms with E-state index in [0.717, 1.165) is 29.7 Å². The van der Waals surface area contributed by atoms with Gasteiger partial charge in [-0.25, -0.2) is 0 Å². The zero-order valence-electron chi connectivity index (χ0n) is 14.4. The summed E-state index contributed by atoms with van der Waals surface area (Å²) in [6.07, 6.45) is 2.39. The molecular weight excluding hydrogens is 304 g/mol. The largest absolute Gasteiger partial charge is 0.459 e. The van der Waals surface area contributed by atoms with Gasteiger partial charge in [-0.3, -0.25) is 9.48 Å². The first-order valence-electron chi connectivity index (χ1n) is 8.25. The third-order valence-electron chi connectivity index (χ3n) is 4.01. The number of ether oxygens (including phenoxy) is 1. The van der Waals surface area contributed by atoms with Gasteiger partial charge in [0.25, 0.3) is 0 Å².